The molecule has 284 valence electrons. The third-order valence-electron chi connectivity index (χ3n) is 12.0. The fourth-order valence-corrected chi connectivity index (χ4v) is 9.09. The molecule has 0 unspecified atom stereocenters. The van der Waals surface area contributed by atoms with Crippen LogP contribution in [0.1, 0.15) is 0 Å². The van der Waals surface area contributed by atoms with Crippen LogP contribution in [0.4, 0.5) is 0 Å². The monoisotopic (exact) mass is 777 g/mol. The summed E-state index contributed by atoms with van der Waals surface area (Å²) in [6.07, 6.45) is 0. The Labute approximate surface area is 352 Å². The first kappa shape index (κ1) is 34.8. The van der Waals surface area contributed by atoms with E-state index in [1.165, 1.54) is 27.5 Å². The molecule has 0 spiro atoms. The second kappa shape index (κ2) is 14.3. The van der Waals surface area contributed by atoms with Crippen LogP contribution in [0.5, 0.6) is 0 Å². The summed E-state index contributed by atoms with van der Waals surface area (Å²) in [5.41, 5.74) is 11.3. The average Bonchev–Trinajstić information content (AvgIpc) is 3.72. The van der Waals surface area contributed by atoms with Crippen LogP contribution in [-0.4, -0.2) is 15.0 Å². The van der Waals surface area contributed by atoms with Crippen LogP contribution in [0.15, 0.2) is 217 Å². The topological polar surface area (TPSA) is 51.8 Å². The van der Waals surface area contributed by atoms with Crippen LogP contribution in [0.2, 0.25) is 0 Å². The zero-order chi connectivity index (χ0) is 40.3. The van der Waals surface area contributed by atoms with Gasteiger partial charge in [0.1, 0.15) is 11.2 Å². The lowest BCUT2D eigenvalue weighted by molar-refractivity contribution is 0.669. The Morgan fingerprint density at radius 1 is 0.262 bits per heavy atom. The molecule has 0 aliphatic rings. The molecule has 4 heteroatoms. The maximum absolute atomic E-state index is 6.58. The molecule has 12 rings (SSSR count). The summed E-state index contributed by atoms with van der Waals surface area (Å²) in [7, 11) is 0. The van der Waals surface area contributed by atoms with E-state index in [0.717, 1.165) is 76.9 Å². The number of hydrogen-bond acceptors (Lipinski definition) is 4. The molecule has 2 heterocycles. The Hall–Kier alpha value is -8.21. The van der Waals surface area contributed by atoms with Gasteiger partial charge in [-0.2, -0.15) is 0 Å². The van der Waals surface area contributed by atoms with Crippen molar-refractivity contribution in [1.82, 2.24) is 15.0 Å². The van der Waals surface area contributed by atoms with Crippen molar-refractivity contribution in [2.75, 3.05) is 0 Å². The van der Waals surface area contributed by atoms with E-state index in [4.69, 9.17) is 19.4 Å². The van der Waals surface area contributed by atoms with Crippen LogP contribution < -0.4 is 0 Å². The number of fused-ring (bicyclic) bond motifs is 6. The van der Waals surface area contributed by atoms with Crippen LogP contribution in [-0.2, 0) is 0 Å². The van der Waals surface area contributed by atoms with E-state index in [-0.39, 0.29) is 0 Å². The number of aromatic nitrogens is 3. The van der Waals surface area contributed by atoms with Gasteiger partial charge in [0.05, 0.1) is 5.56 Å². The number of rotatable bonds is 6. The van der Waals surface area contributed by atoms with E-state index in [1.807, 2.05) is 18.2 Å². The van der Waals surface area contributed by atoms with E-state index in [0.29, 0.717) is 17.5 Å². The molecule has 0 saturated carbocycles. The molecule has 4 nitrogen and oxygen atoms in total. The fourth-order valence-electron chi connectivity index (χ4n) is 9.09. The molecule has 0 atom stereocenters. The lowest BCUT2D eigenvalue weighted by Crippen LogP contribution is -2.01. The third kappa shape index (κ3) is 5.88. The summed E-state index contributed by atoms with van der Waals surface area (Å²) in [6.45, 7) is 0. The maximum atomic E-state index is 6.58. The molecule has 0 fully saturated rings. The highest BCUT2D eigenvalue weighted by atomic mass is 16.3. The van der Waals surface area contributed by atoms with Gasteiger partial charge in [0.15, 0.2) is 17.5 Å². The Morgan fingerprint density at radius 2 is 0.705 bits per heavy atom. The predicted octanol–water partition coefficient (Wildman–Crippen LogP) is 15.2. The first-order chi connectivity index (χ1) is 30.2. The molecule has 12 aromatic rings. The first-order valence-corrected chi connectivity index (χ1v) is 20.6. The molecule has 0 radical (unpaired) electrons. The Kier molecular flexibility index (Phi) is 8.13. The maximum Gasteiger partial charge on any atom is 0.167 e. The first-order valence-electron chi connectivity index (χ1n) is 20.6. The highest BCUT2D eigenvalue weighted by molar-refractivity contribution is 6.11. The van der Waals surface area contributed by atoms with E-state index in [2.05, 4.69) is 194 Å². The quantitative estimate of drug-likeness (QED) is 0.169. The molecule has 61 heavy (non-hydrogen) atoms. The van der Waals surface area contributed by atoms with Crippen LogP contribution in [0.3, 0.4) is 0 Å². The van der Waals surface area contributed by atoms with Crippen molar-refractivity contribution in [2.45, 2.75) is 0 Å². The van der Waals surface area contributed by atoms with Gasteiger partial charge in [-0.05, 0) is 96.0 Å². The lowest BCUT2D eigenvalue weighted by Gasteiger charge is -2.15. The van der Waals surface area contributed by atoms with Crippen molar-refractivity contribution in [3.05, 3.63) is 212 Å². The largest absolute Gasteiger partial charge is 0.455 e. The summed E-state index contributed by atoms with van der Waals surface area (Å²) < 4.78 is 6.58. The molecule has 0 N–H and O–H groups in total. The smallest absolute Gasteiger partial charge is 0.167 e. The molecular formula is C57H35N3O. The fraction of sp³-hybridized carbons (Fsp3) is 0. The highest BCUT2D eigenvalue weighted by Gasteiger charge is 2.21. The molecule has 2 aromatic heterocycles. The van der Waals surface area contributed by atoms with Crippen LogP contribution >= 0.6 is 0 Å². The normalized spacial score (nSPS) is 11.6. The van der Waals surface area contributed by atoms with Crippen LogP contribution in [0.25, 0.3) is 122 Å². The van der Waals surface area contributed by atoms with E-state index < -0.39 is 0 Å². The van der Waals surface area contributed by atoms with Crippen molar-refractivity contribution in [2.24, 2.45) is 0 Å². The lowest BCUT2D eigenvalue weighted by atomic mass is 9.91. The van der Waals surface area contributed by atoms with Gasteiger partial charge >= 0.3 is 0 Å². The molecule has 10 aromatic carbocycles. The minimum atomic E-state index is 0.551. The standard InChI is InChI=1S/C57H35N3O/c1-2-15-36(16-3-1)38-19-12-20-39(35-38)41-31-33-50(45-24-8-6-22-42(41)45)55-58-56(60-57(59-55)52-29-14-28-49-48-26-10-11-30-53(48)61-54(49)52)51-34-32-47(44-23-7-9-25-46(44)51)43-27-13-18-37-17-4-5-21-40(37)43/h1-35H. The highest BCUT2D eigenvalue weighted by Crippen LogP contribution is 2.41. The van der Waals surface area contributed by atoms with Gasteiger partial charge in [0, 0.05) is 21.9 Å². The number of benzene rings is 10. The van der Waals surface area contributed by atoms with Gasteiger partial charge in [-0.1, -0.05) is 182 Å². The summed E-state index contributed by atoms with van der Waals surface area (Å²) in [6, 6.07) is 74.7. The Morgan fingerprint density at radius 3 is 1.44 bits per heavy atom. The molecule has 0 saturated heterocycles. The zero-order valence-corrected chi connectivity index (χ0v) is 33.0. The van der Waals surface area contributed by atoms with Gasteiger partial charge < -0.3 is 4.42 Å². The average molecular weight is 778 g/mol. The van der Waals surface area contributed by atoms with Crippen molar-refractivity contribution >= 4 is 54.3 Å². The van der Waals surface area contributed by atoms with E-state index in [9.17, 15) is 0 Å². The minimum absolute atomic E-state index is 0.551. The molecule has 0 bridgehead atoms. The van der Waals surface area contributed by atoms with Gasteiger partial charge in [0.25, 0.3) is 0 Å². The molecule has 0 amide bonds. The number of para-hydroxylation sites is 2. The number of hydrogen-bond donors (Lipinski definition) is 0. The van der Waals surface area contributed by atoms with Gasteiger partial charge in [0.2, 0.25) is 0 Å². The predicted molar refractivity (Wildman–Crippen MR) is 252 cm³/mol. The van der Waals surface area contributed by atoms with E-state index >= 15 is 0 Å². The summed E-state index contributed by atoms with van der Waals surface area (Å²) in [5.74, 6) is 1.74. The molecule has 0 aliphatic heterocycles. The minimum Gasteiger partial charge on any atom is -0.455 e. The SMILES string of the molecule is c1ccc(-c2cccc(-c3ccc(-c4nc(-c5ccc(-c6cccc7ccccc67)c6ccccc56)nc(-c5cccc6c5oc5ccccc56)n4)c4ccccc34)c2)cc1. The Bertz CT molecular complexity index is 3660. The zero-order valence-electron chi connectivity index (χ0n) is 33.0. The van der Waals surface area contributed by atoms with Gasteiger partial charge in [-0.25, -0.2) is 15.0 Å². The van der Waals surface area contributed by atoms with Gasteiger partial charge in [-0.15, -0.1) is 0 Å². The summed E-state index contributed by atoms with van der Waals surface area (Å²) >= 11 is 0. The van der Waals surface area contributed by atoms with Crippen molar-refractivity contribution in [3.8, 4) is 67.5 Å². The van der Waals surface area contributed by atoms with Crippen molar-refractivity contribution in [1.29, 1.82) is 0 Å². The number of furan rings is 1. The third-order valence-corrected chi connectivity index (χ3v) is 12.0. The van der Waals surface area contributed by atoms with E-state index in [1.54, 1.807) is 0 Å². The summed E-state index contributed by atoms with van der Waals surface area (Å²) in [4.78, 5) is 16.0. The van der Waals surface area contributed by atoms with Crippen LogP contribution in [0, 0.1) is 0 Å². The Balaban J connectivity index is 1.09. The van der Waals surface area contributed by atoms with Crippen molar-refractivity contribution in [3.63, 3.8) is 0 Å². The second-order valence-corrected chi connectivity index (χ2v) is 15.5. The van der Waals surface area contributed by atoms with Gasteiger partial charge in [-0.3, -0.25) is 0 Å². The van der Waals surface area contributed by atoms with Crippen molar-refractivity contribution < 1.29 is 4.42 Å². The number of nitrogens with zero attached hydrogens (tertiary/aromatic N) is 3. The summed E-state index contributed by atoms with van der Waals surface area (Å²) in [5, 5.41) is 8.89. The molecular weight excluding hydrogens is 743 g/mol. The second-order valence-electron chi connectivity index (χ2n) is 15.5. The molecule has 0 aliphatic carbocycles.